The molecule has 0 unspecified atom stereocenters. The fraction of sp³-hybridized carbons (Fsp3) is 0.0556. The van der Waals surface area contributed by atoms with Crippen LogP contribution in [0.4, 0.5) is 0 Å². The van der Waals surface area contributed by atoms with Crippen molar-refractivity contribution in [1.29, 1.82) is 0 Å². The summed E-state index contributed by atoms with van der Waals surface area (Å²) in [5.74, 6) is 0.113. The Labute approximate surface area is 151 Å². The van der Waals surface area contributed by atoms with Crippen molar-refractivity contribution >= 4 is 16.9 Å². The number of pyridine rings is 1. The molecule has 0 aliphatic rings. The first-order valence-corrected chi connectivity index (χ1v) is 8.02. The van der Waals surface area contributed by atoms with E-state index in [1.807, 2.05) is 6.07 Å². The zero-order chi connectivity index (χ0) is 18.8. The molecule has 0 bridgehead atoms. The minimum absolute atomic E-state index is 0.138. The number of amides is 1. The van der Waals surface area contributed by atoms with Crippen LogP contribution in [0.15, 0.2) is 62.8 Å². The van der Waals surface area contributed by atoms with Gasteiger partial charge in [0.1, 0.15) is 5.69 Å². The second-order valence-electron chi connectivity index (χ2n) is 5.74. The van der Waals surface area contributed by atoms with E-state index in [1.54, 1.807) is 36.5 Å². The number of fused-ring (bicyclic) bond motifs is 1. The highest BCUT2D eigenvalue weighted by Crippen LogP contribution is 2.16. The molecule has 9 heteroatoms. The van der Waals surface area contributed by atoms with Crippen molar-refractivity contribution in [2.24, 2.45) is 0 Å². The van der Waals surface area contributed by atoms with E-state index in [0.717, 1.165) is 0 Å². The van der Waals surface area contributed by atoms with Crippen LogP contribution in [-0.2, 0) is 6.54 Å². The number of nitrogens with one attached hydrogen (secondary N) is 3. The lowest BCUT2D eigenvalue weighted by atomic mass is 10.2. The number of aromatic amines is 2. The molecule has 0 spiro atoms. The molecule has 3 N–H and O–H groups in total. The lowest BCUT2D eigenvalue weighted by Gasteiger charge is -2.04. The monoisotopic (exact) mass is 363 g/mol. The summed E-state index contributed by atoms with van der Waals surface area (Å²) in [7, 11) is 0. The van der Waals surface area contributed by atoms with Crippen molar-refractivity contribution in [2.45, 2.75) is 6.54 Å². The van der Waals surface area contributed by atoms with Gasteiger partial charge in [-0.3, -0.25) is 19.4 Å². The van der Waals surface area contributed by atoms with E-state index in [1.165, 1.54) is 6.07 Å². The third-order valence-corrected chi connectivity index (χ3v) is 3.89. The molecule has 0 radical (unpaired) electrons. The Bertz CT molecular complexity index is 1240. The third kappa shape index (κ3) is 3.38. The van der Waals surface area contributed by atoms with Crippen LogP contribution in [-0.4, -0.2) is 26.0 Å². The molecule has 0 saturated carbocycles. The fourth-order valence-electron chi connectivity index (χ4n) is 2.56. The summed E-state index contributed by atoms with van der Waals surface area (Å²) in [4.78, 5) is 44.1. The van der Waals surface area contributed by atoms with Gasteiger partial charge in [-0.2, -0.15) is 0 Å². The molecule has 9 nitrogen and oxygen atoms in total. The van der Waals surface area contributed by atoms with E-state index in [-0.39, 0.29) is 12.5 Å². The van der Waals surface area contributed by atoms with Gasteiger partial charge in [-0.05, 0) is 30.3 Å². The van der Waals surface area contributed by atoms with Crippen LogP contribution in [0, 0.1) is 0 Å². The number of H-pyrrole nitrogens is 2. The molecule has 27 heavy (non-hydrogen) atoms. The summed E-state index contributed by atoms with van der Waals surface area (Å²) in [6.45, 7) is 0.138. The summed E-state index contributed by atoms with van der Waals surface area (Å²) < 4.78 is 5.21. The van der Waals surface area contributed by atoms with Crippen molar-refractivity contribution < 1.29 is 9.32 Å². The number of aromatic nitrogens is 4. The maximum absolute atomic E-state index is 12.3. The third-order valence-electron chi connectivity index (χ3n) is 3.89. The highest BCUT2D eigenvalue weighted by molar-refractivity contribution is 5.97. The summed E-state index contributed by atoms with van der Waals surface area (Å²) >= 11 is 0. The van der Waals surface area contributed by atoms with Crippen LogP contribution < -0.4 is 16.4 Å². The summed E-state index contributed by atoms with van der Waals surface area (Å²) in [6.07, 6.45) is 1.66. The van der Waals surface area contributed by atoms with Crippen molar-refractivity contribution in [3.63, 3.8) is 0 Å². The quantitative estimate of drug-likeness (QED) is 0.466. The van der Waals surface area contributed by atoms with Crippen LogP contribution in [0.3, 0.4) is 0 Å². The SMILES string of the molecule is O=C(NCc1cc(-c2ccccn2)no1)c1ccc2[nH]c(=O)c(=O)[nH]c2c1. The molecule has 0 atom stereocenters. The number of rotatable bonds is 4. The number of hydrogen-bond acceptors (Lipinski definition) is 6. The molecule has 1 aromatic carbocycles. The standard InChI is InChI=1S/C18H13N5O4/c24-16(10-4-5-13-14(7-10)22-18(26)17(25)21-13)20-9-11-8-15(23-27-11)12-3-1-2-6-19-12/h1-8H,9H2,(H,20,24)(H,21,25)(H,22,26). The van der Waals surface area contributed by atoms with Gasteiger partial charge in [-0.25, -0.2) is 0 Å². The Kier molecular flexibility index (Phi) is 4.09. The fourth-order valence-corrected chi connectivity index (χ4v) is 2.56. The van der Waals surface area contributed by atoms with Crippen molar-refractivity contribution in [2.75, 3.05) is 0 Å². The molecular formula is C18H13N5O4. The zero-order valence-corrected chi connectivity index (χ0v) is 13.9. The van der Waals surface area contributed by atoms with Crippen LogP contribution >= 0.6 is 0 Å². The second-order valence-corrected chi connectivity index (χ2v) is 5.74. The average Bonchev–Trinajstić information content (AvgIpc) is 3.16. The Hall–Kier alpha value is -4.01. The Morgan fingerprint density at radius 2 is 1.81 bits per heavy atom. The number of benzene rings is 1. The molecule has 0 aliphatic heterocycles. The number of carbonyl (C=O) groups is 1. The molecule has 0 saturated heterocycles. The summed E-state index contributed by atoms with van der Waals surface area (Å²) in [5.41, 5.74) is 0.862. The van der Waals surface area contributed by atoms with Crippen molar-refractivity contribution in [1.82, 2.24) is 25.4 Å². The minimum atomic E-state index is -0.774. The molecule has 4 rings (SSSR count). The molecular weight excluding hydrogens is 350 g/mol. The van der Waals surface area contributed by atoms with Crippen LogP contribution in [0.5, 0.6) is 0 Å². The predicted molar refractivity (Wildman–Crippen MR) is 96.1 cm³/mol. The Morgan fingerprint density at radius 1 is 1.00 bits per heavy atom. The van der Waals surface area contributed by atoms with Gasteiger partial charge in [0.05, 0.1) is 23.3 Å². The normalized spacial score (nSPS) is 10.8. The topological polar surface area (TPSA) is 134 Å². The molecule has 0 fully saturated rings. The van der Waals surface area contributed by atoms with E-state index < -0.39 is 11.1 Å². The first-order chi connectivity index (χ1) is 13.1. The maximum atomic E-state index is 12.3. The molecule has 3 aromatic heterocycles. The maximum Gasteiger partial charge on any atom is 0.314 e. The van der Waals surface area contributed by atoms with Crippen LogP contribution in [0.2, 0.25) is 0 Å². The van der Waals surface area contributed by atoms with E-state index >= 15 is 0 Å². The number of hydrogen-bond donors (Lipinski definition) is 3. The lowest BCUT2D eigenvalue weighted by molar-refractivity contribution is 0.0947. The second kappa shape index (κ2) is 6.71. The van der Waals surface area contributed by atoms with Crippen molar-refractivity contribution in [3.8, 4) is 11.4 Å². The summed E-state index contributed by atoms with van der Waals surface area (Å²) in [5, 5.41) is 6.65. The first kappa shape index (κ1) is 16.5. The largest absolute Gasteiger partial charge is 0.359 e. The van der Waals surface area contributed by atoms with Gasteiger partial charge < -0.3 is 19.8 Å². The molecule has 4 aromatic rings. The van der Waals surface area contributed by atoms with Gasteiger partial charge in [0.25, 0.3) is 5.91 Å². The van der Waals surface area contributed by atoms with E-state index in [9.17, 15) is 14.4 Å². The van der Waals surface area contributed by atoms with Crippen molar-refractivity contribution in [3.05, 3.63) is 80.7 Å². The smallest absolute Gasteiger partial charge is 0.314 e. The van der Waals surface area contributed by atoms with Gasteiger partial charge in [0, 0.05) is 17.8 Å². The highest BCUT2D eigenvalue weighted by Gasteiger charge is 2.11. The number of carbonyl (C=O) groups excluding carboxylic acids is 1. The highest BCUT2D eigenvalue weighted by atomic mass is 16.5. The average molecular weight is 363 g/mol. The molecule has 0 aliphatic carbocycles. The Morgan fingerprint density at radius 3 is 2.59 bits per heavy atom. The minimum Gasteiger partial charge on any atom is -0.359 e. The van der Waals surface area contributed by atoms with E-state index in [0.29, 0.717) is 33.7 Å². The Balaban J connectivity index is 1.49. The van der Waals surface area contributed by atoms with Gasteiger partial charge in [-0.1, -0.05) is 11.2 Å². The summed E-state index contributed by atoms with van der Waals surface area (Å²) in [6, 6.07) is 11.7. The van der Waals surface area contributed by atoms with Gasteiger partial charge in [-0.15, -0.1) is 0 Å². The molecule has 134 valence electrons. The lowest BCUT2D eigenvalue weighted by Crippen LogP contribution is -2.29. The van der Waals surface area contributed by atoms with Crippen LogP contribution in [0.25, 0.3) is 22.4 Å². The number of nitrogens with zero attached hydrogens (tertiary/aromatic N) is 2. The molecule has 3 heterocycles. The predicted octanol–water partition coefficient (Wildman–Crippen LogP) is 1.20. The van der Waals surface area contributed by atoms with E-state index in [4.69, 9.17) is 4.52 Å². The first-order valence-electron chi connectivity index (χ1n) is 8.02. The molecule has 1 amide bonds. The van der Waals surface area contributed by atoms with Gasteiger partial charge in [0.15, 0.2) is 5.76 Å². The van der Waals surface area contributed by atoms with Gasteiger partial charge >= 0.3 is 11.1 Å². The van der Waals surface area contributed by atoms with Gasteiger partial charge in [0.2, 0.25) is 0 Å². The van der Waals surface area contributed by atoms with Crippen LogP contribution in [0.1, 0.15) is 16.1 Å². The van der Waals surface area contributed by atoms with E-state index in [2.05, 4.69) is 25.4 Å². The zero-order valence-electron chi connectivity index (χ0n) is 13.9.